The molecule has 2 amide bonds. The van der Waals surface area contributed by atoms with Crippen molar-refractivity contribution in [2.75, 3.05) is 18.4 Å². The average molecular weight is 330 g/mol. The molecule has 1 aliphatic rings. The normalized spacial score (nSPS) is 17.7. The summed E-state index contributed by atoms with van der Waals surface area (Å²) in [4.78, 5) is 25.1. The lowest BCUT2D eigenvalue weighted by atomic mass is 9.91. The highest BCUT2D eigenvalue weighted by Gasteiger charge is 2.44. The van der Waals surface area contributed by atoms with Gasteiger partial charge in [0.1, 0.15) is 0 Å². The topological polar surface area (TPSA) is 69.6 Å². The lowest BCUT2D eigenvalue weighted by Gasteiger charge is -2.34. The predicted octanol–water partition coefficient (Wildman–Crippen LogP) is 1.79. The van der Waals surface area contributed by atoms with E-state index in [0.717, 1.165) is 0 Å². The summed E-state index contributed by atoms with van der Waals surface area (Å²) in [5, 5.41) is 11.7. The molecule has 0 radical (unpaired) electrons. The van der Waals surface area contributed by atoms with Crippen molar-refractivity contribution in [2.45, 2.75) is 25.1 Å². The van der Waals surface area contributed by atoms with Crippen molar-refractivity contribution in [3.8, 4) is 0 Å². The molecule has 23 heavy (non-hydrogen) atoms. The standard InChI is InChI=1S/C15H17F3N2O3/c16-15(17,18)12(21)10-6-8-20(9-7-10)14(23)13(22)19-11-4-2-1-3-5-11/h1-5,10,12,21H,6-9H2,(H,19,22). The first kappa shape index (κ1) is 17.3. The number of rotatable bonds is 2. The van der Waals surface area contributed by atoms with Crippen molar-refractivity contribution >= 4 is 17.5 Å². The minimum absolute atomic E-state index is 0.00499. The minimum Gasteiger partial charge on any atom is -0.383 e. The van der Waals surface area contributed by atoms with Gasteiger partial charge in [0.2, 0.25) is 0 Å². The van der Waals surface area contributed by atoms with Crippen LogP contribution in [-0.4, -0.2) is 47.2 Å². The maximum Gasteiger partial charge on any atom is 0.414 e. The van der Waals surface area contributed by atoms with Crippen molar-refractivity contribution in [1.82, 2.24) is 4.90 Å². The molecule has 5 nitrogen and oxygen atoms in total. The number of nitrogens with zero attached hydrogens (tertiary/aromatic N) is 1. The quantitative estimate of drug-likeness (QED) is 0.812. The number of hydrogen-bond donors (Lipinski definition) is 2. The summed E-state index contributed by atoms with van der Waals surface area (Å²) >= 11 is 0. The van der Waals surface area contributed by atoms with Crippen LogP contribution in [0.4, 0.5) is 18.9 Å². The molecule has 1 atom stereocenters. The molecule has 1 unspecified atom stereocenters. The second kappa shape index (κ2) is 6.99. The predicted molar refractivity (Wildman–Crippen MR) is 76.4 cm³/mol. The molecule has 2 rings (SSSR count). The van der Waals surface area contributed by atoms with Gasteiger partial charge in [0.05, 0.1) is 0 Å². The Hall–Kier alpha value is -2.09. The monoisotopic (exact) mass is 330 g/mol. The Kier molecular flexibility index (Phi) is 5.25. The first-order chi connectivity index (χ1) is 10.8. The lowest BCUT2D eigenvalue weighted by molar-refractivity contribution is -0.222. The third-order valence-electron chi connectivity index (χ3n) is 3.83. The van der Waals surface area contributed by atoms with Gasteiger partial charge in [0.25, 0.3) is 0 Å². The van der Waals surface area contributed by atoms with E-state index in [1.807, 2.05) is 0 Å². The molecule has 0 aromatic heterocycles. The highest BCUT2D eigenvalue weighted by molar-refractivity contribution is 6.39. The van der Waals surface area contributed by atoms with Gasteiger partial charge >= 0.3 is 18.0 Å². The van der Waals surface area contributed by atoms with Crippen molar-refractivity contribution in [3.05, 3.63) is 30.3 Å². The number of piperidine rings is 1. The Morgan fingerprint density at radius 1 is 1.17 bits per heavy atom. The molecule has 0 aliphatic carbocycles. The zero-order valence-corrected chi connectivity index (χ0v) is 12.2. The Morgan fingerprint density at radius 3 is 2.26 bits per heavy atom. The molecular weight excluding hydrogens is 313 g/mol. The molecule has 1 aromatic carbocycles. The molecule has 1 aliphatic heterocycles. The van der Waals surface area contributed by atoms with Gasteiger partial charge in [0, 0.05) is 18.8 Å². The third kappa shape index (κ3) is 4.44. The van der Waals surface area contributed by atoms with E-state index in [1.165, 1.54) is 4.90 Å². The van der Waals surface area contributed by atoms with Crippen LogP contribution in [0.5, 0.6) is 0 Å². The van der Waals surface area contributed by atoms with E-state index in [1.54, 1.807) is 30.3 Å². The number of para-hydroxylation sites is 1. The van der Waals surface area contributed by atoms with E-state index in [0.29, 0.717) is 5.69 Å². The van der Waals surface area contributed by atoms with Crippen molar-refractivity contribution in [3.63, 3.8) is 0 Å². The largest absolute Gasteiger partial charge is 0.414 e. The van der Waals surface area contributed by atoms with Gasteiger partial charge < -0.3 is 15.3 Å². The van der Waals surface area contributed by atoms with Gasteiger partial charge in [-0.2, -0.15) is 13.2 Å². The highest BCUT2D eigenvalue weighted by atomic mass is 19.4. The summed E-state index contributed by atoms with van der Waals surface area (Å²) in [6, 6.07) is 8.40. The molecule has 1 aromatic rings. The highest BCUT2D eigenvalue weighted by Crippen LogP contribution is 2.31. The Morgan fingerprint density at radius 2 is 1.74 bits per heavy atom. The Bertz CT molecular complexity index is 555. The second-order valence-electron chi connectivity index (χ2n) is 5.44. The molecule has 126 valence electrons. The fraction of sp³-hybridized carbons (Fsp3) is 0.467. The molecule has 0 spiro atoms. The number of benzene rings is 1. The molecule has 1 heterocycles. The van der Waals surface area contributed by atoms with Gasteiger partial charge in [0.15, 0.2) is 6.10 Å². The second-order valence-corrected chi connectivity index (χ2v) is 5.44. The molecule has 8 heteroatoms. The number of carbonyl (C=O) groups excluding carboxylic acids is 2. The lowest BCUT2D eigenvalue weighted by Crippen LogP contribution is -2.48. The van der Waals surface area contributed by atoms with Crippen LogP contribution in [0.25, 0.3) is 0 Å². The van der Waals surface area contributed by atoms with Crippen molar-refractivity contribution < 1.29 is 27.9 Å². The zero-order valence-electron chi connectivity index (χ0n) is 12.2. The third-order valence-corrected chi connectivity index (χ3v) is 3.83. The number of amides is 2. The van der Waals surface area contributed by atoms with E-state index in [4.69, 9.17) is 0 Å². The van der Waals surface area contributed by atoms with Crippen LogP contribution in [0.3, 0.4) is 0 Å². The number of likely N-dealkylation sites (tertiary alicyclic amines) is 1. The van der Waals surface area contributed by atoms with Crippen LogP contribution in [0.2, 0.25) is 0 Å². The molecule has 0 bridgehead atoms. The SMILES string of the molecule is O=C(Nc1ccccc1)C(=O)N1CCC(C(O)C(F)(F)F)CC1. The maximum atomic E-state index is 12.5. The van der Waals surface area contributed by atoms with Crippen LogP contribution < -0.4 is 5.32 Å². The molecule has 1 fully saturated rings. The summed E-state index contributed by atoms with van der Waals surface area (Å²) in [5.74, 6) is -2.56. The van der Waals surface area contributed by atoms with E-state index < -0.39 is 30.0 Å². The number of alkyl halides is 3. The number of halogens is 3. The zero-order chi connectivity index (χ0) is 17.0. The number of anilines is 1. The molecule has 2 N–H and O–H groups in total. The van der Waals surface area contributed by atoms with E-state index in [2.05, 4.69) is 5.32 Å². The van der Waals surface area contributed by atoms with E-state index in [9.17, 15) is 27.9 Å². The summed E-state index contributed by atoms with van der Waals surface area (Å²) < 4.78 is 37.4. The van der Waals surface area contributed by atoms with Crippen LogP contribution in [-0.2, 0) is 9.59 Å². The fourth-order valence-corrected chi connectivity index (χ4v) is 2.54. The number of nitrogens with one attached hydrogen (secondary N) is 1. The first-order valence-corrected chi connectivity index (χ1v) is 7.19. The fourth-order valence-electron chi connectivity index (χ4n) is 2.54. The summed E-state index contributed by atoms with van der Waals surface area (Å²) in [5.41, 5.74) is 0.466. The van der Waals surface area contributed by atoms with Crippen LogP contribution in [0, 0.1) is 5.92 Å². The van der Waals surface area contributed by atoms with Gasteiger partial charge in [-0.3, -0.25) is 9.59 Å². The minimum atomic E-state index is -4.67. The van der Waals surface area contributed by atoms with Crippen LogP contribution in [0.1, 0.15) is 12.8 Å². The van der Waals surface area contributed by atoms with Gasteiger partial charge in [-0.15, -0.1) is 0 Å². The number of aliphatic hydroxyl groups excluding tert-OH is 1. The van der Waals surface area contributed by atoms with Gasteiger partial charge in [-0.05, 0) is 30.9 Å². The van der Waals surface area contributed by atoms with Crippen LogP contribution in [0.15, 0.2) is 30.3 Å². The number of hydrogen-bond acceptors (Lipinski definition) is 3. The molecule has 1 saturated heterocycles. The van der Waals surface area contributed by atoms with E-state index >= 15 is 0 Å². The summed E-state index contributed by atoms with van der Waals surface area (Å²) in [6.07, 6.45) is -7.05. The van der Waals surface area contributed by atoms with Gasteiger partial charge in [-0.25, -0.2) is 0 Å². The Labute approximate surface area is 131 Å². The Balaban J connectivity index is 1.87. The summed E-state index contributed by atoms with van der Waals surface area (Å²) in [6.45, 7) is 0.0255. The number of carbonyl (C=O) groups is 2. The first-order valence-electron chi connectivity index (χ1n) is 7.19. The van der Waals surface area contributed by atoms with Gasteiger partial charge in [-0.1, -0.05) is 18.2 Å². The number of aliphatic hydroxyl groups is 1. The van der Waals surface area contributed by atoms with Crippen molar-refractivity contribution in [2.24, 2.45) is 5.92 Å². The summed E-state index contributed by atoms with van der Waals surface area (Å²) in [7, 11) is 0. The van der Waals surface area contributed by atoms with Crippen LogP contribution >= 0.6 is 0 Å². The average Bonchev–Trinajstić information content (AvgIpc) is 2.53. The molecule has 0 saturated carbocycles. The molecular formula is C15H17F3N2O3. The smallest absolute Gasteiger partial charge is 0.383 e. The van der Waals surface area contributed by atoms with E-state index in [-0.39, 0.29) is 25.9 Å². The van der Waals surface area contributed by atoms with Crippen molar-refractivity contribution in [1.29, 1.82) is 0 Å². The maximum absolute atomic E-state index is 12.5.